The molecule has 1 N–H and O–H groups in total. The van der Waals surface area contributed by atoms with Crippen molar-refractivity contribution in [3.63, 3.8) is 0 Å². The molecule has 3 atom stereocenters. The summed E-state index contributed by atoms with van der Waals surface area (Å²) in [7, 11) is 2.64. The molecule has 0 aliphatic carbocycles. The Labute approximate surface area is 107 Å². The van der Waals surface area contributed by atoms with Crippen molar-refractivity contribution < 1.29 is 9.94 Å². The number of oxime groups is 1. The van der Waals surface area contributed by atoms with Crippen molar-refractivity contribution in [1.29, 1.82) is 0 Å². The van der Waals surface area contributed by atoms with Gasteiger partial charge in [0.2, 0.25) is 0 Å². The molecule has 1 saturated heterocycles. The van der Waals surface area contributed by atoms with E-state index in [1.54, 1.807) is 18.5 Å². The van der Waals surface area contributed by atoms with E-state index in [0.29, 0.717) is 18.0 Å². The third-order valence-corrected chi connectivity index (χ3v) is 3.99. The van der Waals surface area contributed by atoms with Crippen molar-refractivity contribution in [3.8, 4) is 0 Å². The normalized spacial score (nSPS) is 32.3. The smallest absolute Gasteiger partial charge is 0.256 e. The van der Waals surface area contributed by atoms with Crippen LogP contribution in [0, 0.1) is 0 Å². The van der Waals surface area contributed by atoms with Gasteiger partial charge in [0.25, 0.3) is 5.79 Å². The zero-order valence-electron chi connectivity index (χ0n) is 9.86. The molecule has 2 aliphatic heterocycles. The van der Waals surface area contributed by atoms with Crippen LogP contribution in [-0.4, -0.2) is 43.8 Å². The van der Waals surface area contributed by atoms with Crippen LogP contribution in [-0.2, 0) is 4.84 Å². The maximum absolute atomic E-state index is 10.5. The summed E-state index contributed by atoms with van der Waals surface area (Å²) in [6, 6.07) is 1.69. The fourth-order valence-corrected chi connectivity index (χ4v) is 3.02. The van der Waals surface area contributed by atoms with Crippen LogP contribution in [0.2, 0.25) is 0 Å². The first-order valence-corrected chi connectivity index (χ1v) is 6.47. The Morgan fingerprint density at radius 2 is 2.22 bits per heavy atom. The van der Waals surface area contributed by atoms with Crippen molar-refractivity contribution in [3.05, 3.63) is 24.3 Å². The van der Waals surface area contributed by atoms with Crippen molar-refractivity contribution in [2.45, 2.75) is 31.1 Å². The maximum atomic E-state index is 10.5. The maximum Gasteiger partial charge on any atom is 0.256 e. The van der Waals surface area contributed by atoms with Gasteiger partial charge in [-0.05, 0) is 18.9 Å². The molecule has 2 aliphatic rings. The summed E-state index contributed by atoms with van der Waals surface area (Å²) in [4.78, 5) is 13.5. The zero-order valence-corrected chi connectivity index (χ0v) is 11.0. The van der Waals surface area contributed by atoms with Gasteiger partial charge in [-0.2, -0.15) is 0 Å². The number of aromatic nitrogens is 2. The average Bonchev–Trinajstić information content (AvgIpc) is 2.98. The molecule has 0 bridgehead atoms. The zero-order chi connectivity index (χ0) is 12.6. The van der Waals surface area contributed by atoms with E-state index < -0.39 is 5.79 Å². The van der Waals surface area contributed by atoms with Gasteiger partial charge in [-0.3, -0.25) is 4.67 Å². The van der Waals surface area contributed by atoms with Gasteiger partial charge in [-0.25, -0.2) is 9.97 Å². The Morgan fingerprint density at radius 3 is 2.89 bits per heavy atom. The van der Waals surface area contributed by atoms with Crippen LogP contribution in [0.15, 0.2) is 23.6 Å². The van der Waals surface area contributed by atoms with Crippen molar-refractivity contribution in [2.75, 3.05) is 6.54 Å². The van der Waals surface area contributed by atoms with Crippen LogP contribution in [0.5, 0.6) is 0 Å². The lowest BCUT2D eigenvalue weighted by Crippen LogP contribution is -2.46. The summed E-state index contributed by atoms with van der Waals surface area (Å²) in [5, 5.41) is 14.5. The molecule has 3 rings (SSSR count). The first-order chi connectivity index (χ1) is 8.69. The molecule has 3 heterocycles. The summed E-state index contributed by atoms with van der Waals surface area (Å²) < 4.78 is 2.03. The average molecular weight is 266 g/mol. The van der Waals surface area contributed by atoms with Crippen LogP contribution in [0.4, 0.5) is 0 Å². The highest BCUT2D eigenvalue weighted by molar-refractivity contribution is 7.13. The number of hydrogen-bond donors (Lipinski definition) is 1. The molecule has 6 nitrogen and oxygen atoms in total. The van der Waals surface area contributed by atoms with Crippen LogP contribution >= 0.6 is 9.39 Å². The van der Waals surface area contributed by atoms with E-state index in [2.05, 4.69) is 24.5 Å². The predicted molar refractivity (Wildman–Crippen MR) is 68.7 cm³/mol. The van der Waals surface area contributed by atoms with Crippen molar-refractivity contribution in [1.82, 2.24) is 14.6 Å². The molecule has 0 saturated carbocycles. The molecular weight excluding hydrogens is 251 g/mol. The second kappa shape index (κ2) is 4.53. The molecule has 1 aromatic rings. The van der Waals surface area contributed by atoms with Crippen LogP contribution < -0.4 is 0 Å². The largest absolute Gasteiger partial charge is 0.358 e. The van der Waals surface area contributed by atoms with E-state index in [1.807, 2.05) is 4.67 Å². The third-order valence-electron chi connectivity index (χ3n) is 3.37. The molecule has 1 aromatic heterocycles. The first kappa shape index (κ1) is 12.0. The number of hydrogen-bond acceptors (Lipinski definition) is 6. The topological polar surface area (TPSA) is 70.8 Å². The van der Waals surface area contributed by atoms with E-state index >= 15 is 0 Å². The molecule has 1 fully saturated rings. The lowest BCUT2D eigenvalue weighted by Gasteiger charge is -2.31. The molecule has 96 valence electrons. The molecule has 3 unspecified atom stereocenters. The standard InChI is InChI=1S/C11H15N4O2P/c16-11(9-3-1-6-15(9)18)7-8(14-17-11)10-12-4-2-5-13-10/h2,4-5,9,16H,1,3,6-7,18H2. The quantitative estimate of drug-likeness (QED) is 0.791. The van der Waals surface area contributed by atoms with Gasteiger partial charge in [0.05, 0.1) is 12.5 Å². The highest BCUT2D eigenvalue weighted by atomic mass is 31.0. The van der Waals surface area contributed by atoms with Crippen LogP contribution in [0.1, 0.15) is 25.1 Å². The second-order valence-electron chi connectivity index (χ2n) is 4.62. The predicted octanol–water partition coefficient (Wildman–Crippen LogP) is 0.544. The van der Waals surface area contributed by atoms with E-state index in [4.69, 9.17) is 4.84 Å². The highest BCUT2D eigenvalue weighted by Crippen LogP contribution is 2.36. The molecule has 18 heavy (non-hydrogen) atoms. The number of aliphatic hydroxyl groups is 1. The second-order valence-corrected chi connectivity index (χ2v) is 5.28. The number of rotatable bonds is 2. The van der Waals surface area contributed by atoms with Gasteiger partial charge < -0.3 is 9.94 Å². The van der Waals surface area contributed by atoms with Gasteiger partial charge in [0.1, 0.15) is 5.71 Å². The highest BCUT2D eigenvalue weighted by Gasteiger charge is 2.48. The van der Waals surface area contributed by atoms with Gasteiger partial charge >= 0.3 is 0 Å². The van der Waals surface area contributed by atoms with Crippen molar-refractivity contribution in [2.24, 2.45) is 5.16 Å². The lowest BCUT2D eigenvalue weighted by atomic mass is 9.99. The summed E-state index contributed by atoms with van der Waals surface area (Å²) in [5.41, 5.74) is 0.600. The molecular formula is C11H15N4O2P. The van der Waals surface area contributed by atoms with E-state index in [9.17, 15) is 5.11 Å². The Hall–Kier alpha value is -1.10. The molecule has 7 heteroatoms. The minimum Gasteiger partial charge on any atom is -0.358 e. The van der Waals surface area contributed by atoms with Gasteiger partial charge in [0.15, 0.2) is 5.82 Å². The number of nitrogens with zero attached hydrogens (tertiary/aromatic N) is 4. The SMILES string of the molecule is OC1(C2CCCN2P)CC(c2ncccn2)=NO1. The summed E-state index contributed by atoms with van der Waals surface area (Å²) in [5.74, 6) is -0.742. The van der Waals surface area contributed by atoms with Gasteiger partial charge in [-0.1, -0.05) is 14.5 Å². The fraction of sp³-hybridized carbons (Fsp3) is 0.545. The summed E-state index contributed by atoms with van der Waals surface area (Å²) in [6.45, 7) is 0.943. The van der Waals surface area contributed by atoms with Gasteiger partial charge in [-0.15, -0.1) is 0 Å². The van der Waals surface area contributed by atoms with Crippen molar-refractivity contribution >= 4 is 15.1 Å². The first-order valence-electron chi connectivity index (χ1n) is 5.95. The molecule has 0 aromatic carbocycles. The molecule has 0 radical (unpaired) electrons. The van der Waals surface area contributed by atoms with Gasteiger partial charge in [0, 0.05) is 18.9 Å². The summed E-state index contributed by atoms with van der Waals surface area (Å²) >= 11 is 0. The Kier molecular flexibility index (Phi) is 3.01. The minimum absolute atomic E-state index is 0.0486. The van der Waals surface area contributed by atoms with Crippen LogP contribution in [0.25, 0.3) is 0 Å². The van der Waals surface area contributed by atoms with Crippen LogP contribution in [0.3, 0.4) is 0 Å². The van der Waals surface area contributed by atoms with E-state index in [-0.39, 0.29) is 6.04 Å². The lowest BCUT2D eigenvalue weighted by molar-refractivity contribution is -0.211. The van der Waals surface area contributed by atoms with E-state index in [1.165, 1.54) is 0 Å². The Balaban J connectivity index is 1.77. The fourth-order valence-electron chi connectivity index (χ4n) is 2.46. The Bertz CT molecular complexity index is 469. The molecule has 0 amide bonds. The molecule has 0 spiro atoms. The Morgan fingerprint density at radius 1 is 1.44 bits per heavy atom. The summed E-state index contributed by atoms with van der Waals surface area (Å²) in [6.07, 6.45) is 5.58. The minimum atomic E-state index is -1.26. The monoisotopic (exact) mass is 266 g/mol. The van der Waals surface area contributed by atoms with E-state index in [0.717, 1.165) is 19.4 Å². The third kappa shape index (κ3) is 2.00.